The van der Waals surface area contributed by atoms with Crippen molar-refractivity contribution < 1.29 is 9.53 Å². The smallest absolute Gasteiger partial charge is 0.130 e. The molecule has 2 aromatic carbocycles. The van der Waals surface area contributed by atoms with Crippen LogP contribution in [0.2, 0.25) is 0 Å². The lowest BCUT2D eigenvalue weighted by atomic mass is 9.98. The molecule has 144 valence electrons. The minimum atomic E-state index is 0.216. The zero-order chi connectivity index (χ0) is 19.5. The summed E-state index contributed by atoms with van der Waals surface area (Å²) in [6, 6.07) is 14.9. The number of aromatic nitrogens is 1. The standard InChI is InChI=1S/C25H27NO2/c1-17-13-19(8-11-24(17)20-5-3-4-6-20)16-28-23-10-12-25-21(15-23)14-22(26-25)9-7-18(2)27/h5,8,10-15,26H,3-4,6-7,9,16H2,1-2H3. The van der Waals surface area contributed by atoms with Gasteiger partial charge in [-0.3, -0.25) is 0 Å². The summed E-state index contributed by atoms with van der Waals surface area (Å²) in [7, 11) is 0. The van der Waals surface area contributed by atoms with E-state index in [4.69, 9.17) is 4.74 Å². The third kappa shape index (κ3) is 4.19. The monoisotopic (exact) mass is 373 g/mol. The Kier molecular flexibility index (Phi) is 5.34. The third-order valence-corrected chi connectivity index (χ3v) is 5.48. The van der Waals surface area contributed by atoms with Gasteiger partial charge in [-0.15, -0.1) is 0 Å². The van der Waals surface area contributed by atoms with Gasteiger partial charge in [0.1, 0.15) is 18.1 Å². The van der Waals surface area contributed by atoms with Crippen LogP contribution in [0.3, 0.4) is 0 Å². The molecule has 0 radical (unpaired) electrons. The zero-order valence-corrected chi connectivity index (χ0v) is 16.7. The second kappa shape index (κ2) is 8.05. The molecule has 1 aromatic heterocycles. The molecule has 3 heteroatoms. The second-order valence-corrected chi connectivity index (χ2v) is 7.81. The summed E-state index contributed by atoms with van der Waals surface area (Å²) < 4.78 is 6.05. The van der Waals surface area contributed by atoms with E-state index in [1.54, 1.807) is 6.92 Å². The molecule has 1 aliphatic carbocycles. The van der Waals surface area contributed by atoms with Crippen LogP contribution in [0.25, 0.3) is 16.5 Å². The lowest BCUT2D eigenvalue weighted by molar-refractivity contribution is -0.116. The normalized spacial score (nSPS) is 13.7. The summed E-state index contributed by atoms with van der Waals surface area (Å²) in [5, 5.41) is 1.12. The molecule has 0 bridgehead atoms. The van der Waals surface area contributed by atoms with Gasteiger partial charge in [0.05, 0.1) is 0 Å². The highest BCUT2D eigenvalue weighted by Gasteiger charge is 2.10. The first kappa shape index (κ1) is 18.5. The van der Waals surface area contributed by atoms with Crippen molar-refractivity contribution in [2.75, 3.05) is 0 Å². The average Bonchev–Trinajstić information content (AvgIpc) is 3.34. The molecule has 0 spiro atoms. The Balaban J connectivity index is 1.43. The predicted octanol–water partition coefficient (Wildman–Crippen LogP) is 6.14. The van der Waals surface area contributed by atoms with E-state index in [1.165, 1.54) is 41.5 Å². The Morgan fingerprint density at radius 3 is 2.79 bits per heavy atom. The fraction of sp³-hybridized carbons (Fsp3) is 0.320. The number of fused-ring (bicyclic) bond motifs is 1. The van der Waals surface area contributed by atoms with E-state index in [-0.39, 0.29) is 5.78 Å². The summed E-state index contributed by atoms with van der Waals surface area (Å²) in [5.41, 5.74) is 7.56. The van der Waals surface area contributed by atoms with Crippen LogP contribution in [0.4, 0.5) is 0 Å². The minimum absolute atomic E-state index is 0.216. The first-order valence-electron chi connectivity index (χ1n) is 10.1. The van der Waals surface area contributed by atoms with E-state index in [0.717, 1.165) is 28.8 Å². The van der Waals surface area contributed by atoms with Gasteiger partial charge in [-0.1, -0.05) is 24.3 Å². The zero-order valence-electron chi connectivity index (χ0n) is 16.7. The van der Waals surface area contributed by atoms with Crippen LogP contribution in [0.5, 0.6) is 5.75 Å². The van der Waals surface area contributed by atoms with Gasteiger partial charge in [0.2, 0.25) is 0 Å². The third-order valence-electron chi connectivity index (χ3n) is 5.48. The number of aromatic amines is 1. The fourth-order valence-corrected chi connectivity index (χ4v) is 3.96. The lowest BCUT2D eigenvalue weighted by Gasteiger charge is -2.11. The van der Waals surface area contributed by atoms with Crippen LogP contribution in [0, 0.1) is 6.92 Å². The molecule has 0 saturated heterocycles. The Morgan fingerprint density at radius 1 is 1.14 bits per heavy atom. The highest BCUT2D eigenvalue weighted by Crippen LogP contribution is 2.30. The van der Waals surface area contributed by atoms with E-state index in [1.807, 2.05) is 12.1 Å². The van der Waals surface area contributed by atoms with E-state index in [2.05, 4.69) is 48.3 Å². The highest BCUT2D eigenvalue weighted by atomic mass is 16.5. The van der Waals surface area contributed by atoms with E-state index >= 15 is 0 Å². The van der Waals surface area contributed by atoms with Crippen molar-refractivity contribution in [2.24, 2.45) is 0 Å². The number of nitrogens with one attached hydrogen (secondary N) is 1. The number of rotatable bonds is 7. The van der Waals surface area contributed by atoms with Crippen molar-refractivity contribution in [2.45, 2.75) is 52.6 Å². The SMILES string of the molecule is CC(=O)CCc1cc2cc(OCc3ccc(C4=CCCC4)c(C)c3)ccc2[nH]1. The fourth-order valence-electron chi connectivity index (χ4n) is 3.96. The predicted molar refractivity (Wildman–Crippen MR) is 115 cm³/mol. The van der Waals surface area contributed by atoms with Crippen LogP contribution in [0.1, 0.15) is 55.0 Å². The van der Waals surface area contributed by atoms with Crippen LogP contribution >= 0.6 is 0 Å². The quantitative estimate of drug-likeness (QED) is 0.540. The number of carbonyl (C=O) groups excluding carboxylic acids is 1. The second-order valence-electron chi connectivity index (χ2n) is 7.81. The van der Waals surface area contributed by atoms with Crippen molar-refractivity contribution in [1.82, 2.24) is 4.98 Å². The molecular formula is C25H27NO2. The van der Waals surface area contributed by atoms with Crippen molar-refractivity contribution >= 4 is 22.3 Å². The van der Waals surface area contributed by atoms with Crippen LogP contribution in [-0.2, 0) is 17.8 Å². The number of Topliss-reactive ketones (excluding diaryl/α,β-unsaturated/α-hetero) is 1. The first-order chi connectivity index (χ1) is 13.6. The Labute approximate surface area is 166 Å². The molecule has 0 unspecified atom stereocenters. The Hall–Kier alpha value is -2.81. The molecule has 0 aliphatic heterocycles. The Bertz CT molecular complexity index is 1040. The molecule has 1 N–H and O–H groups in total. The number of allylic oxidation sites excluding steroid dienone is 2. The summed E-state index contributed by atoms with van der Waals surface area (Å²) in [6.45, 7) is 4.38. The number of H-pyrrole nitrogens is 1. The van der Waals surface area contributed by atoms with Gasteiger partial charge in [0.25, 0.3) is 0 Å². The maximum absolute atomic E-state index is 11.2. The molecule has 1 heterocycles. The van der Waals surface area contributed by atoms with Crippen molar-refractivity contribution in [3.63, 3.8) is 0 Å². The van der Waals surface area contributed by atoms with Gasteiger partial charge in [-0.05, 0) is 86.1 Å². The maximum Gasteiger partial charge on any atom is 0.130 e. The Morgan fingerprint density at radius 2 is 2.04 bits per heavy atom. The average molecular weight is 373 g/mol. The van der Waals surface area contributed by atoms with Gasteiger partial charge >= 0.3 is 0 Å². The van der Waals surface area contributed by atoms with Crippen LogP contribution in [0.15, 0.2) is 48.5 Å². The maximum atomic E-state index is 11.2. The van der Waals surface area contributed by atoms with E-state index < -0.39 is 0 Å². The van der Waals surface area contributed by atoms with Gasteiger partial charge in [0.15, 0.2) is 0 Å². The number of aryl methyl sites for hydroxylation is 2. The molecule has 1 aliphatic rings. The van der Waals surface area contributed by atoms with Gasteiger partial charge in [-0.2, -0.15) is 0 Å². The van der Waals surface area contributed by atoms with Crippen LogP contribution < -0.4 is 4.74 Å². The number of hydrogen-bond donors (Lipinski definition) is 1. The molecule has 0 saturated carbocycles. The van der Waals surface area contributed by atoms with E-state index in [0.29, 0.717) is 13.0 Å². The van der Waals surface area contributed by atoms with E-state index in [9.17, 15) is 4.79 Å². The topological polar surface area (TPSA) is 42.1 Å². The number of ketones is 1. The van der Waals surface area contributed by atoms with Crippen LogP contribution in [-0.4, -0.2) is 10.8 Å². The molecule has 3 nitrogen and oxygen atoms in total. The molecule has 4 rings (SSSR count). The molecule has 28 heavy (non-hydrogen) atoms. The van der Waals surface area contributed by atoms with Gasteiger partial charge < -0.3 is 14.5 Å². The highest BCUT2D eigenvalue weighted by molar-refractivity contribution is 5.82. The van der Waals surface area contributed by atoms with Crippen molar-refractivity contribution in [3.05, 3.63) is 70.9 Å². The van der Waals surface area contributed by atoms with Gasteiger partial charge in [0, 0.05) is 23.0 Å². The molecule has 3 aromatic rings. The van der Waals surface area contributed by atoms with Crippen molar-refractivity contribution in [1.29, 1.82) is 0 Å². The lowest BCUT2D eigenvalue weighted by Crippen LogP contribution is -1.97. The first-order valence-corrected chi connectivity index (χ1v) is 10.1. The number of benzene rings is 2. The largest absolute Gasteiger partial charge is 0.489 e. The molecule has 0 fully saturated rings. The summed E-state index contributed by atoms with van der Waals surface area (Å²) in [5.74, 6) is 1.08. The minimum Gasteiger partial charge on any atom is -0.489 e. The molecule has 0 amide bonds. The summed E-state index contributed by atoms with van der Waals surface area (Å²) >= 11 is 0. The van der Waals surface area contributed by atoms with Crippen molar-refractivity contribution in [3.8, 4) is 5.75 Å². The summed E-state index contributed by atoms with van der Waals surface area (Å²) in [4.78, 5) is 14.6. The number of hydrogen-bond acceptors (Lipinski definition) is 2. The summed E-state index contributed by atoms with van der Waals surface area (Å²) in [6.07, 6.45) is 7.37. The molecule has 0 atom stereocenters. The number of carbonyl (C=O) groups is 1. The number of ether oxygens (including phenoxy) is 1. The molecular weight excluding hydrogens is 346 g/mol. The van der Waals surface area contributed by atoms with Gasteiger partial charge in [-0.25, -0.2) is 0 Å².